The number of aromatic nitrogens is 1. The fourth-order valence-corrected chi connectivity index (χ4v) is 4.23. The largest absolute Gasteiger partial charge is 0.468 e. The molecular weight excluding hydrogens is 348 g/mol. The number of sulfone groups is 1. The molecule has 8 nitrogen and oxygen atoms in total. The third-order valence-corrected chi connectivity index (χ3v) is 6.06. The smallest absolute Gasteiger partial charge is 0.276 e. The molecule has 1 aliphatic heterocycles. The molecule has 1 fully saturated rings. The van der Waals surface area contributed by atoms with Gasteiger partial charge in [-0.25, -0.2) is 8.42 Å². The minimum absolute atomic E-state index is 0.119. The summed E-state index contributed by atoms with van der Waals surface area (Å²) in [6.07, 6.45) is 2.92. The van der Waals surface area contributed by atoms with Crippen LogP contribution in [0.3, 0.4) is 0 Å². The van der Waals surface area contributed by atoms with E-state index in [1.54, 1.807) is 24.3 Å². The summed E-state index contributed by atoms with van der Waals surface area (Å²) in [5.74, 6) is 0.666. The second-order valence-electron chi connectivity index (χ2n) is 5.77. The lowest BCUT2D eigenvalue weighted by molar-refractivity contribution is 0.0648. The molecule has 0 unspecified atom stereocenters. The first kappa shape index (κ1) is 15.7. The van der Waals surface area contributed by atoms with Crippen molar-refractivity contribution in [2.24, 2.45) is 0 Å². The van der Waals surface area contributed by atoms with Gasteiger partial charge >= 0.3 is 0 Å². The Morgan fingerprint density at radius 3 is 2.60 bits per heavy atom. The third-order valence-electron chi connectivity index (χ3n) is 4.06. The number of amides is 1. The molecule has 0 bridgehead atoms. The fourth-order valence-electron chi connectivity index (χ4n) is 2.61. The molecule has 0 N–H and O–H groups in total. The molecule has 3 aromatic heterocycles. The van der Waals surface area contributed by atoms with Gasteiger partial charge in [0.2, 0.25) is 5.76 Å². The summed E-state index contributed by atoms with van der Waals surface area (Å²) in [6.45, 7) is 0.260. The lowest BCUT2D eigenvalue weighted by Gasteiger charge is -2.37. The Labute approximate surface area is 142 Å². The van der Waals surface area contributed by atoms with Gasteiger partial charge in [-0.05, 0) is 24.3 Å². The average molecular weight is 362 g/mol. The number of carbonyl (C=O) groups excluding carboxylic acids is 1. The standard InChI is InChI=1S/C16H14N2O6S/c19-16(13-7-15(24-17-13)14-4-2-6-23-14)18-8-12(9-18)25(20,21)10-11-3-1-5-22-11/h1-7,12H,8-10H2. The zero-order valence-corrected chi connectivity index (χ0v) is 13.8. The van der Waals surface area contributed by atoms with E-state index in [4.69, 9.17) is 13.4 Å². The highest BCUT2D eigenvalue weighted by Gasteiger charge is 2.41. The first-order valence-corrected chi connectivity index (χ1v) is 9.28. The van der Waals surface area contributed by atoms with Crippen molar-refractivity contribution in [3.63, 3.8) is 0 Å². The van der Waals surface area contributed by atoms with Crippen LogP contribution in [0.1, 0.15) is 16.2 Å². The Bertz CT molecular complexity index is 966. The number of hydrogen-bond acceptors (Lipinski definition) is 7. The first-order valence-electron chi connectivity index (χ1n) is 7.57. The normalized spacial score (nSPS) is 15.3. The summed E-state index contributed by atoms with van der Waals surface area (Å²) >= 11 is 0. The summed E-state index contributed by atoms with van der Waals surface area (Å²) in [5, 5.41) is 3.13. The van der Waals surface area contributed by atoms with Crippen LogP contribution in [0.2, 0.25) is 0 Å². The summed E-state index contributed by atoms with van der Waals surface area (Å²) in [5.41, 5.74) is 0.119. The van der Waals surface area contributed by atoms with Gasteiger partial charge < -0.3 is 18.3 Å². The summed E-state index contributed by atoms with van der Waals surface area (Å²) in [4.78, 5) is 13.8. The SMILES string of the molecule is O=C(c1cc(-c2ccco2)on1)N1CC(S(=O)(=O)Cc2ccco2)C1. The minimum atomic E-state index is -3.37. The minimum Gasteiger partial charge on any atom is -0.468 e. The van der Waals surface area contributed by atoms with Crippen molar-refractivity contribution in [2.45, 2.75) is 11.0 Å². The predicted molar refractivity (Wildman–Crippen MR) is 85.2 cm³/mol. The van der Waals surface area contributed by atoms with Crippen molar-refractivity contribution in [2.75, 3.05) is 13.1 Å². The lowest BCUT2D eigenvalue weighted by Crippen LogP contribution is -2.57. The average Bonchev–Trinajstić information content (AvgIpc) is 3.27. The molecule has 4 rings (SSSR count). The Balaban J connectivity index is 1.39. The molecule has 0 aromatic carbocycles. The van der Waals surface area contributed by atoms with E-state index >= 15 is 0 Å². The molecule has 25 heavy (non-hydrogen) atoms. The fraction of sp³-hybridized carbons (Fsp3) is 0.250. The quantitative estimate of drug-likeness (QED) is 0.683. The van der Waals surface area contributed by atoms with Gasteiger partial charge in [0.15, 0.2) is 21.3 Å². The highest BCUT2D eigenvalue weighted by Crippen LogP contribution is 2.25. The highest BCUT2D eigenvalue weighted by atomic mass is 32.2. The van der Waals surface area contributed by atoms with Gasteiger partial charge in [-0.1, -0.05) is 5.16 Å². The lowest BCUT2D eigenvalue weighted by atomic mass is 10.2. The third kappa shape index (κ3) is 2.98. The van der Waals surface area contributed by atoms with Crippen LogP contribution >= 0.6 is 0 Å². The molecule has 0 atom stereocenters. The van der Waals surface area contributed by atoms with Crippen molar-refractivity contribution in [1.82, 2.24) is 10.1 Å². The van der Waals surface area contributed by atoms with Crippen molar-refractivity contribution >= 4 is 15.7 Å². The molecule has 0 saturated carbocycles. The molecule has 0 spiro atoms. The van der Waals surface area contributed by atoms with Crippen molar-refractivity contribution in [1.29, 1.82) is 0 Å². The van der Waals surface area contributed by atoms with Gasteiger partial charge in [-0.15, -0.1) is 0 Å². The van der Waals surface area contributed by atoms with Crippen molar-refractivity contribution in [3.05, 3.63) is 54.3 Å². The van der Waals surface area contributed by atoms with Gasteiger partial charge in [0, 0.05) is 19.2 Å². The van der Waals surface area contributed by atoms with E-state index in [1.165, 1.54) is 23.5 Å². The van der Waals surface area contributed by atoms with E-state index < -0.39 is 15.1 Å². The maximum absolute atomic E-state index is 12.4. The Morgan fingerprint density at radius 2 is 1.92 bits per heavy atom. The van der Waals surface area contributed by atoms with E-state index in [0.29, 0.717) is 17.3 Å². The summed E-state index contributed by atoms with van der Waals surface area (Å²) < 4.78 is 39.9. The van der Waals surface area contributed by atoms with Gasteiger partial charge in [-0.3, -0.25) is 4.79 Å². The predicted octanol–water partition coefficient (Wildman–Crippen LogP) is 1.97. The summed E-state index contributed by atoms with van der Waals surface area (Å²) in [6, 6.07) is 8.12. The molecule has 9 heteroatoms. The van der Waals surface area contributed by atoms with Crippen LogP contribution in [0.4, 0.5) is 0 Å². The second-order valence-corrected chi connectivity index (χ2v) is 8.05. The Kier molecular flexibility index (Phi) is 3.72. The Hall–Kier alpha value is -2.81. The van der Waals surface area contributed by atoms with Crippen LogP contribution in [0.15, 0.2) is 56.2 Å². The maximum Gasteiger partial charge on any atom is 0.276 e. The van der Waals surface area contributed by atoms with Gasteiger partial charge in [-0.2, -0.15) is 0 Å². The number of carbonyl (C=O) groups is 1. The van der Waals surface area contributed by atoms with Crippen LogP contribution in [0, 0.1) is 0 Å². The van der Waals surface area contributed by atoms with Crippen LogP contribution in [0.5, 0.6) is 0 Å². The van der Waals surface area contributed by atoms with Crippen LogP contribution in [0.25, 0.3) is 11.5 Å². The maximum atomic E-state index is 12.4. The van der Waals surface area contributed by atoms with Crippen LogP contribution < -0.4 is 0 Å². The highest BCUT2D eigenvalue weighted by molar-refractivity contribution is 7.91. The first-order chi connectivity index (χ1) is 12.0. The van der Waals surface area contributed by atoms with E-state index in [1.807, 2.05) is 0 Å². The second kappa shape index (κ2) is 5.92. The van der Waals surface area contributed by atoms with Crippen molar-refractivity contribution < 1.29 is 26.6 Å². The topological polar surface area (TPSA) is 107 Å². The van der Waals surface area contributed by atoms with Crippen molar-refractivity contribution in [3.8, 4) is 11.5 Å². The van der Waals surface area contributed by atoms with Crippen LogP contribution in [-0.2, 0) is 15.6 Å². The molecule has 3 aromatic rings. The zero-order valence-electron chi connectivity index (χ0n) is 13.0. The molecule has 4 heterocycles. The van der Waals surface area contributed by atoms with E-state index in [0.717, 1.165) is 0 Å². The number of furan rings is 2. The van der Waals surface area contributed by atoms with Gasteiger partial charge in [0.25, 0.3) is 5.91 Å². The molecular formula is C16H14N2O6S. The monoisotopic (exact) mass is 362 g/mol. The Morgan fingerprint density at radius 1 is 1.16 bits per heavy atom. The molecule has 0 radical (unpaired) electrons. The zero-order chi connectivity index (χ0) is 17.4. The number of likely N-dealkylation sites (tertiary alicyclic amines) is 1. The van der Waals surface area contributed by atoms with E-state index in [-0.39, 0.29) is 30.4 Å². The molecule has 1 aliphatic rings. The van der Waals surface area contributed by atoms with Crippen LogP contribution in [-0.4, -0.2) is 42.7 Å². The molecule has 1 saturated heterocycles. The number of rotatable bonds is 5. The molecule has 1 amide bonds. The van der Waals surface area contributed by atoms with E-state index in [2.05, 4.69) is 5.16 Å². The molecule has 130 valence electrons. The van der Waals surface area contributed by atoms with E-state index in [9.17, 15) is 13.2 Å². The summed E-state index contributed by atoms with van der Waals surface area (Å²) in [7, 11) is -3.37. The number of nitrogens with zero attached hydrogens (tertiary/aromatic N) is 2. The number of hydrogen-bond donors (Lipinski definition) is 0. The van der Waals surface area contributed by atoms with Gasteiger partial charge in [0.1, 0.15) is 11.5 Å². The molecule has 0 aliphatic carbocycles. The van der Waals surface area contributed by atoms with Gasteiger partial charge in [0.05, 0.1) is 17.8 Å².